The van der Waals surface area contributed by atoms with Crippen LogP contribution in [0.15, 0.2) is 58.2 Å². The summed E-state index contributed by atoms with van der Waals surface area (Å²) in [5.74, 6) is -4.06. The number of nitrogen functional groups attached to an aromatic ring is 1. The van der Waals surface area contributed by atoms with Crippen molar-refractivity contribution in [3.63, 3.8) is 0 Å². The number of phenolic OH excluding ortho intramolecular Hbond substituents is 2. The number of carbonyl (C=O) groups is 4. The number of rotatable bonds is 14. The summed E-state index contributed by atoms with van der Waals surface area (Å²) in [5.41, 5.74) is 8.55. The van der Waals surface area contributed by atoms with Crippen LogP contribution in [0.4, 0.5) is 5.13 Å². The molecule has 3 aromatic rings. The predicted octanol–water partition coefficient (Wildman–Crippen LogP) is 3.89. The van der Waals surface area contributed by atoms with Gasteiger partial charge in [0.15, 0.2) is 28.1 Å². The first-order chi connectivity index (χ1) is 24.9. The molecule has 6 N–H and O–H groups in total. The second kappa shape index (κ2) is 15.5. The number of anilines is 1. The largest absolute Gasteiger partial charge is 0.504 e. The molecular weight excluding hydrogens is 732 g/mol. The molecule has 274 valence electrons. The molecule has 2 atom stereocenters. The van der Waals surface area contributed by atoms with Crippen LogP contribution >= 0.6 is 34.7 Å². The number of phenols is 2. The zero-order valence-electron chi connectivity index (χ0n) is 28.2. The maximum absolute atomic E-state index is 13.6. The van der Waals surface area contributed by atoms with Crippen LogP contribution in [0, 0.1) is 12.8 Å². The minimum absolute atomic E-state index is 0.0174. The summed E-state index contributed by atoms with van der Waals surface area (Å²) in [7, 11) is 0. The van der Waals surface area contributed by atoms with Crippen LogP contribution in [0.5, 0.6) is 11.5 Å². The number of carboxylic acid groups (broad SMARTS) is 1. The minimum atomic E-state index is -1.21. The normalized spacial score (nSPS) is 19.6. The molecule has 2 fully saturated rings. The van der Waals surface area contributed by atoms with Crippen LogP contribution < -0.4 is 11.1 Å². The van der Waals surface area contributed by atoms with Crippen LogP contribution in [0.25, 0.3) is 0 Å². The van der Waals surface area contributed by atoms with Gasteiger partial charge < -0.3 is 35.7 Å². The van der Waals surface area contributed by atoms with Crippen LogP contribution in [-0.2, 0) is 25.8 Å². The number of carboxylic acids is 1. The molecule has 1 aromatic heterocycles. The lowest BCUT2D eigenvalue weighted by atomic mass is 9.89. The second-order valence-corrected chi connectivity index (χ2v) is 15.5. The van der Waals surface area contributed by atoms with Crippen molar-refractivity contribution in [2.45, 2.75) is 38.2 Å². The molecule has 0 saturated carbocycles. The molecule has 2 saturated heterocycles. The van der Waals surface area contributed by atoms with Crippen molar-refractivity contribution >= 4 is 69.1 Å². The number of benzene rings is 2. The molecule has 2 aromatic carbocycles. The second-order valence-electron chi connectivity index (χ2n) is 13.1. The fourth-order valence-corrected chi connectivity index (χ4v) is 9.03. The number of nitrogens with zero attached hydrogens (tertiary/aromatic N) is 4. The number of Topliss-reactive ketones (excluding diaryl/α,β-unsaturated/α-hetero) is 1. The number of hydrogen-bond acceptors (Lipinski definition) is 12. The summed E-state index contributed by atoms with van der Waals surface area (Å²) in [4.78, 5) is 63.8. The van der Waals surface area contributed by atoms with Gasteiger partial charge >= 0.3 is 5.97 Å². The molecule has 0 aliphatic carbocycles. The van der Waals surface area contributed by atoms with Gasteiger partial charge in [-0.1, -0.05) is 46.6 Å². The third-order valence-corrected chi connectivity index (χ3v) is 12.0. The van der Waals surface area contributed by atoms with Crippen molar-refractivity contribution in [2.75, 3.05) is 44.2 Å². The van der Waals surface area contributed by atoms with Gasteiger partial charge in [0.2, 0.25) is 5.91 Å². The molecular formula is C35H38ClN6O8S2+. The highest BCUT2D eigenvalue weighted by molar-refractivity contribution is 8.00. The molecule has 0 bridgehead atoms. The average Bonchev–Trinajstić information content (AvgIpc) is 3.77. The van der Waals surface area contributed by atoms with E-state index in [-0.39, 0.29) is 52.4 Å². The maximum Gasteiger partial charge on any atom is 0.352 e. The average molecular weight is 770 g/mol. The number of aromatic nitrogens is 1. The number of nitrogens with one attached hydrogen (secondary N) is 1. The number of aliphatic carboxylic acids is 1. The van der Waals surface area contributed by atoms with Gasteiger partial charge in [0.05, 0.1) is 48.1 Å². The van der Waals surface area contributed by atoms with Gasteiger partial charge in [-0.3, -0.25) is 19.3 Å². The van der Waals surface area contributed by atoms with Gasteiger partial charge in [-0.2, -0.15) is 0 Å². The fourth-order valence-electron chi connectivity index (χ4n) is 6.83. The number of nitrogens with two attached hydrogens (primary N) is 1. The van der Waals surface area contributed by atoms with E-state index in [0.29, 0.717) is 28.9 Å². The number of ketones is 1. The Labute approximate surface area is 312 Å². The minimum Gasteiger partial charge on any atom is -0.504 e. The topological polar surface area (TPSA) is 205 Å². The smallest absolute Gasteiger partial charge is 0.352 e. The first-order valence-corrected chi connectivity index (χ1v) is 18.9. The van der Waals surface area contributed by atoms with Crippen molar-refractivity contribution in [3.8, 4) is 11.5 Å². The number of aromatic hydroxyl groups is 2. The SMILES string of the molecule is Cc1ccc(CO/N=C(\C(=O)C[C@@H]2C(=O)N3C(C(=O)O)=C(C[N+]4(CCNC(=O)c5ccc(O)c(O)c5Cl)CCCC4)CS[C@H]23)c2csc(N)n2)cc1. The van der Waals surface area contributed by atoms with E-state index in [4.69, 9.17) is 22.2 Å². The molecule has 4 heterocycles. The molecule has 6 rings (SSSR count). The molecule has 3 aliphatic heterocycles. The molecule has 52 heavy (non-hydrogen) atoms. The number of hydrogen-bond donors (Lipinski definition) is 5. The zero-order valence-corrected chi connectivity index (χ0v) is 30.6. The summed E-state index contributed by atoms with van der Waals surface area (Å²) in [6.07, 6.45) is 1.64. The number of likely N-dealkylation sites (tertiary alicyclic amines) is 1. The Hall–Kier alpha value is -4.64. The number of carbonyl (C=O) groups excluding carboxylic acids is 3. The lowest BCUT2D eigenvalue weighted by molar-refractivity contribution is -0.911. The van der Waals surface area contributed by atoms with Crippen LogP contribution in [0.1, 0.15) is 46.4 Å². The summed E-state index contributed by atoms with van der Waals surface area (Å²) < 4.78 is 0.523. The van der Waals surface area contributed by atoms with E-state index in [2.05, 4.69) is 15.5 Å². The first kappa shape index (κ1) is 37.1. The maximum atomic E-state index is 13.6. The summed E-state index contributed by atoms with van der Waals surface area (Å²) in [5, 5.41) is 37.9. The summed E-state index contributed by atoms with van der Waals surface area (Å²) >= 11 is 8.63. The van der Waals surface area contributed by atoms with E-state index in [0.717, 1.165) is 48.4 Å². The van der Waals surface area contributed by atoms with Gasteiger partial charge in [0.1, 0.15) is 24.5 Å². The Morgan fingerprint density at radius 3 is 2.56 bits per heavy atom. The summed E-state index contributed by atoms with van der Waals surface area (Å²) in [6, 6.07) is 10.2. The number of thiazole rings is 1. The molecule has 0 spiro atoms. The monoisotopic (exact) mass is 769 g/mol. The van der Waals surface area contributed by atoms with Crippen molar-refractivity contribution in [3.05, 3.63) is 80.5 Å². The Morgan fingerprint density at radius 1 is 1.15 bits per heavy atom. The standard InChI is InChI=1S/C35H37ClN6O8S2/c1-19-4-6-20(7-5-19)16-50-40-28(24-18-52-35(37)39-24)26(44)14-23-32(47)41-29(34(48)49)21(17-51-33(23)41)15-42(11-2-3-12-42)13-10-38-31(46)22-8-9-25(43)30(45)27(22)36/h4-9,18,23,33H,2-3,10-17H2,1H3,(H5-,37,38,39,40,43,44,45,46,48,49)/p+1/t23-,33-/m1/s1. The number of quaternary nitrogens is 1. The van der Waals surface area contributed by atoms with Crippen LogP contribution in [0.2, 0.25) is 5.02 Å². The van der Waals surface area contributed by atoms with Gasteiger partial charge in [0.25, 0.3) is 5.91 Å². The highest BCUT2D eigenvalue weighted by Gasteiger charge is 2.55. The number of thioether (sulfide) groups is 1. The number of fused-ring (bicyclic) bond motifs is 1. The van der Waals surface area contributed by atoms with Crippen molar-refractivity contribution < 1.29 is 43.8 Å². The Morgan fingerprint density at radius 2 is 1.88 bits per heavy atom. The van der Waals surface area contributed by atoms with Gasteiger partial charge in [0, 0.05) is 36.0 Å². The molecule has 17 heteroatoms. The summed E-state index contributed by atoms with van der Waals surface area (Å²) in [6.45, 7) is 4.74. The molecule has 2 amide bonds. The van der Waals surface area contributed by atoms with Crippen LogP contribution in [-0.4, -0.2) is 103 Å². The number of oxime groups is 1. The fraction of sp³-hybridized carbons (Fsp3) is 0.371. The zero-order chi connectivity index (χ0) is 37.2. The lowest BCUT2D eigenvalue weighted by Gasteiger charge is -2.50. The van der Waals surface area contributed by atoms with E-state index in [1.165, 1.54) is 28.8 Å². The Balaban J connectivity index is 1.13. The van der Waals surface area contributed by atoms with Gasteiger partial charge in [-0.05, 0) is 24.6 Å². The quantitative estimate of drug-likeness (QED) is 0.0523. The number of halogens is 1. The van der Waals surface area contributed by atoms with E-state index < -0.39 is 46.4 Å². The van der Waals surface area contributed by atoms with Crippen molar-refractivity contribution in [2.24, 2.45) is 11.1 Å². The molecule has 0 unspecified atom stereocenters. The van der Waals surface area contributed by atoms with Crippen molar-refractivity contribution in [1.29, 1.82) is 0 Å². The van der Waals surface area contributed by atoms with E-state index in [9.17, 15) is 34.5 Å². The molecule has 3 aliphatic rings. The van der Waals surface area contributed by atoms with E-state index >= 15 is 0 Å². The number of aryl methyl sites for hydroxylation is 1. The van der Waals surface area contributed by atoms with Gasteiger partial charge in [-0.25, -0.2) is 9.78 Å². The van der Waals surface area contributed by atoms with Crippen LogP contribution in [0.3, 0.4) is 0 Å². The molecule has 0 radical (unpaired) electrons. The van der Waals surface area contributed by atoms with E-state index in [1.54, 1.807) is 5.38 Å². The van der Waals surface area contributed by atoms with Crippen molar-refractivity contribution in [1.82, 2.24) is 15.2 Å². The Kier molecular flexibility index (Phi) is 11.1. The lowest BCUT2D eigenvalue weighted by Crippen LogP contribution is -2.63. The highest BCUT2D eigenvalue weighted by Crippen LogP contribution is 2.46. The third kappa shape index (κ3) is 7.74. The third-order valence-electron chi connectivity index (χ3n) is 9.55. The number of amides is 2. The highest BCUT2D eigenvalue weighted by atomic mass is 35.5. The van der Waals surface area contributed by atoms with E-state index in [1.807, 2.05) is 31.2 Å². The Bertz CT molecular complexity index is 1960. The number of β-lactam (4-membered cyclic amide) rings is 1. The van der Waals surface area contributed by atoms with Gasteiger partial charge in [-0.15, -0.1) is 23.1 Å². The predicted molar refractivity (Wildman–Crippen MR) is 196 cm³/mol. The first-order valence-electron chi connectivity index (χ1n) is 16.6. The molecule has 14 nitrogen and oxygen atoms in total.